The number of anilines is 1. The van der Waals surface area contributed by atoms with E-state index in [-0.39, 0.29) is 5.91 Å². The molecule has 0 fully saturated rings. The van der Waals surface area contributed by atoms with E-state index in [2.05, 4.69) is 23.3 Å². The molecule has 3 nitrogen and oxygen atoms in total. The first kappa shape index (κ1) is 10.0. The molecule has 2 aromatic rings. The van der Waals surface area contributed by atoms with Crippen molar-refractivity contribution < 1.29 is 4.79 Å². The zero-order valence-corrected chi connectivity index (χ0v) is 9.53. The molecular weight excluding hydrogens is 212 g/mol. The summed E-state index contributed by atoms with van der Waals surface area (Å²) in [5.74, 6) is 0.0753. The molecule has 0 unspecified atom stereocenters. The molecule has 17 heavy (non-hydrogen) atoms. The Morgan fingerprint density at radius 2 is 2.00 bits per heavy atom. The van der Waals surface area contributed by atoms with Crippen LogP contribution in [-0.4, -0.2) is 10.9 Å². The van der Waals surface area contributed by atoms with Gasteiger partial charge in [0.25, 0.3) is 0 Å². The highest BCUT2D eigenvalue weighted by Crippen LogP contribution is 2.31. The van der Waals surface area contributed by atoms with Crippen LogP contribution in [0.4, 0.5) is 5.69 Å². The number of rotatable bonds is 1. The van der Waals surface area contributed by atoms with Crippen LogP contribution in [0.1, 0.15) is 11.1 Å². The van der Waals surface area contributed by atoms with Crippen LogP contribution in [0.15, 0.2) is 36.7 Å². The van der Waals surface area contributed by atoms with Crippen molar-refractivity contribution in [3.05, 3.63) is 47.8 Å². The standard InChI is InChI=1S/C14H12N2O/c1-9-6-13-11(8-14(17)16-13)7-12(9)10-2-4-15-5-3-10/h2-7H,8H2,1H3,(H,16,17). The molecule has 0 radical (unpaired) electrons. The lowest BCUT2D eigenvalue weighted by Crippen LogP contribution is -2.03. The van der Waals surface area contributed by atoms with Gasteiger partial charge < -0.3 is 5.32 Å². The van der Waals surface area contributed by atoms with E-state index in [1.54, 1.807) is 12.4 Å². The molecule has 0 saturated heterocycles. The second kappa shape index (κ2) is 3.70. The van der Waals surface area contributed by atoms with Gasteiger partial charge in [-0.05, 0) is 53.4 Å². The van der Waals surface area contributed by atoms with Crippen LogP contribution in [0.2, 0.25) is 0 Å². The molecule has 3 rings (SSSR count). The van der Waals surface area contributed by atoms with Gasteiger partial charge in [-0.1, -0.05) is 0 Å². The Bertz CT molecular complexity index is 591. The maximum Gasteiger partial charge on any atom is 0.228 e. The van der Waals surface area contributed by atoms with Crippen LogP contribution >= 0.6 is 0 Å². The smallest absolute Gasteiger partial charge is 0.228 e. The van der Waals surface area contributed by atoms with Crippen LogP contribution < -0.4 is 5.32 Å². The van der Waals surface area contributed by atoms with E-state index >= 15 is 0 Å². The predicted molar refractivity (Wildman–Crippen MR) is 66.7 cm³/mol. The summed E-state index contributed by atoms with van der Waals surface area (Å²) in [6.45, 7) is 2.06. The van der Waals surface area contributed by atoms with Gasteiger partial charge in [0.15, 0.2) is 0 Å². The normalized spacial score (nSPS) is 13.4. The molecule has 0 bridgehead atoms. The summed E-state index contributed by atoms with van der Waals surface area (Å²) < 4.78 is 0. The van der Waals surface area contributed by atoms with Gasteiger partial charge in [-0.15, -0.1) is 0 Å². The zero-order valence-electron chi connectivity index (χ0n) is 9.53. The van der Waals surface area contributed by atoms with Gasteiger partial charge in [0.2, 0.25) is 5.91 Å². The number of hydrogen-bond acceptors (Lipinski definition) is 2. The number of nitrogens with zero attached hydrogens (tertiary/aromatic N) is 1. The largest absolute Gasteiger partial charge is 0.326 e. The van der Waals surface area contributed by atoms with Crippen molar-refractivity contribution in [1.29, 1.82) is 0 Å². The topological polar surface area (TPSA) is 42.0 Å². The maximum absolute atomic E-state index is 11.3. The average Bonchev–Trinajstić information content (AvgIpc) is 2.68. The zero-order chi connectivity index (χ0) is 11.8. The molecule has 1 aliphatic rings. The van der Waals surface area contributed by atoms with Gasteiger partial charge in [-0.25, -0.2) is 0 Å². The summed E-state index contributed by atoms with van der Waals surface area (Å²) in [6, 6.07) is 8.10. The van der Waals surface area contributed by atoms with Crippen molar-refractivity contribution >= 4 is 11.6 Å². The molecule has 1 aromatic heterocycles. The van der Waals surface area contributed by atoms with E-state index in [1.807, 2.05) is 18.2 Å². The Labute approximate surface area is 99.5 Å². The van der Waals surface area contributed by atoms with Gasteiger partial charge in [0, 0.05) is 18.1 Å². The van der Waals surface area contributed by atoms with Crippen molar-refractivity contribution in [1.82, 2.24) is 4.98 Å². The van der Waals surface area contributed by atoms with E-state index in [1.165, 1.54) is 5.56 Å². The lowest BCUT2D eigenvalue weighted by atomic mass is 9.97. The number of nitrogens with one attached hydrogen (secondary N) is 1. The molecular formula is C14H12N2O. The van der Waals surface area contributed by atoms with Crippen LogP contribution in [-0.2, 0) is 11.2 Å². The molecule has 1 N–H and O–H groups in total. The van der Waals surface area contributed by atoms with Crippen molar-refractivity contribution in [3.8, 4) is 11.1 Å². The Morgan fingerprint density at radius 3 is 2.76 bits per heavy atom. The van der Waals surface area contributed by atoms with Crippen molar-refractivity contribution in [2.75, 3.05) is 5.32 Å². The number of pyridine rings is 1. The number of carbonyl (C=O) groups is 1. The quantitative estimate of drug-likeness (QED) is 0.808. The number of carbonyl (C=O) groups excluding carboxylic acids is 1. The Hall–Kier alpha value is -2.16. The lowest BCUT2D eigenvalue weighted by Gasteiger charge is -2.08. The Kier molecular flexibility index (Phi) is 2.18. The van der Waals surface area contributed by atoms with Crippen LogP contribution in [0, 0.1) is 6.92 Å². The summed E-state index contributed by atoms with van der Waals surface area (Å²) in [5.41, 5.74) is 5.50. The first-order valence-corrected chi connectivity index (χ1v) is 5.58. The Balaban J connectivity index is 2.14. The Morgan fingerprint density at radius 1 is 1.24 bits per heavy atom. The third-order valence-corrected chi connectivity index (χ3v) is 3.07. The number of amides is 1. The van der Waals surface area contributed by atoms with Crippen molar-refractivity contribution in [2.45, 2.75) is 13.3 Å². The summed E-state index contributed by atoms with van der Waals surface area (Å²) in [5, 5.41) is 2.87. The average molecular weight is 224 g/mol. The fraction of sp³-hybridized carbons (Fsp3) is 0.143. The summed E-state index contributed by atoms with van der Waals surface area (Å²) in [6.07, 6.45) is 4.05. The van der Waals surface area contributed by atoms with Crippen molar-refractivity contribution in [3.63, 3.8) is 0 Å². The maximum atomic E-state index is 11.3. The van der Waals surface area contributed by atoms with E-state index in [9.17, 15) is 4.79 Å². The number of aromatic nitrogens is 1. The van der Waals surface area contributed by atoms with Gasteiger partial charge in [0.05, 0.1) is 6.42 Å². The predicted octanol–water partition coefficient (Wildman–Crippen LogP) is 2.55. The van der Waals surface area contributed by atoms with E-state index in [0.29, 0.717) is 6.42 Å². The SMILES string of the molecule is Cc1cc2c(cc1-c1ccncc1)CC(=O)N2. The third kappa shape index (κ3) is 1.69. The van der Waals surface area contributed by atoms with Crippen LogP contribution in [0.5, 0.6) is 0 Å². The van der Waals surface area contributed by atoms with Gasteiger partial charge >= 0.3 is 0 Å². The summed E-state index contributed by atoms with van der Waals surface area (Å²) in [4.78, 5) is 15.4. The molecule has 1 aliphatic heterocycles. The fourth-order valence-corrected chi connectivity index (χ4v) is 2.23. The van der Waals surface area contributed by atoms with Gasteiger partial charge in [-0.2, -0.15) is 0 Å². The second-order valence-corrected chi connectivity index (χ2v) is 4.29. The summed E-state index contributed by atoms with van der Waals surface area (Å²) in [7, 11) is 0. The number of aryl methyl sites for hydroxylation is 1. The van der Waals surface area contributed by atoms with Gasteiger partial charge in [-0.3, -0.25) is 9.78 Å². The summed E-state index contributed by atoms with van der Waals surface area (Å²) >= 11 is 0. The number of benzene rings is 1. The molecule has 0 aliphatic carbocycles. The monoisotopic (exact) mass is 224 g/mol. The highest BCUT2D eigenvalue weighted by molar-refractivity contribution is 6.00. The minimum absolute atomic E-state index is 0.0753. The van der Waals surface area contributed by atoms with E-state index in [4.69, 9.17) is 0 Å². The van der Waals surface area contributed by atoms with Crippen LogP contribution in [0.25, 0.3) is 11.1 Å². The van der Waals surface area contributed by atoms with Crippen LogP contribution in [0.3, 0.4) is 0 Å². The number of hydrogen-bond donors (Lipinski definition) is 1. The number of fused-ring (bicyclic) bond motifs is 1. The molecule has 3 heteroatoms. The highest BCUT2D eigenvalue weighted by Gasteiger charge is 2.19. The molecule has 1 aromatic carbocycles. The molecule has 0 atom stereocenters. The second-order valence-electron chi connectivity index (χ2n) is 4.29. The van der Waals surface area contributed by atoms with Gasteiger partial charge in [0.1, 0.15) is 0 Å². The third-order valence-electron chi connectivity index (χ3n) is 3.07. The lowest BCUT2D eigenvalue weighted by molar-refractivity contribution is -0.115. The molecule has 0 spiro atoms. The molecule has 84 valence electrons. The fourth-order valence-electron chi connectivity index (χ4n) is 2.23. The minimum atomic E-state index is 0.0753. The first-order chi connectivity index (χ1) is 8.24. The van der Waals surface area contributed by atoms with E-state index < -0.39 is 0 Å². The molecule has 0 saturated carbocycles. The molecule has 1 amide bonds. The first-order valence-electron chi connectivity index (χ1n) is 5.58. The molecule has 2 heterocycles. The highest BCUT2D eigenvalue weighted by atomic mass is 16.1. The van der Waals surface area contributed by atoms with Crippen molar-refractivity contribution in [2.24, 2.45) is 0 Å². The van der Waals surface area contributed by atoms with E-state index in [0.717, 1.165) is 22.4 Å². The minimum Gasteiger partial charge on any atom is -0.326 e.